The number of hydrogen-bond donors (Lipinski definition) is 0. The second-order valence-electron chi connectivity index (χ2n) is 9.30. The lowest BCUT2D eigenvalue weighted by atomic mass is 10.0. The van der Waals surface area contributed by atoms with E-state index in [1.807, 2.05) is 83.8 Å². The normalized spacial score (nSPS) is 11.5. The molecule has 4 aromatic rings. The lowest BCUT2D eigenvalue weighted by Crippen LogP contribution is -2.11. The number of carbonyl (C=O) groups excluding carboxylic acids is 3. The molecule has 9 heteroatoms. The Hall–Kier alpha value is -4.89. The minimum Gasteiger partial charge on any atom is -0.318 e. The summed E-state index contributed by atoms with van der Waals surface area (Å²) in [6, 6.07) is 30.0. The molecule has 0 aliphatic heterocycles. The van der Waals surface area contributed by atoms with E-state index >= 15 is 0 Å². The number of benzene rings is 4. The highest BCUT2D eigenvalue weighted by molar-refractivity contribution is 9.10. The number of rotatable bonds is 9. The fourth-order valence-corrected chi connectivity index (χ4v) is 4.55. The van der Waals surface area contributed by atoms with Crippen LogP contribution in [0.5, 0.6) is 0 Å². The van der Waals surface area contributed by atoms with Crippen LogP contribution in [0.25, 0.3) is 0 Å². The minimum absolute atomic E-state index is 0.0839. The van der Waals surface area contributed by atoms with Crippen molar-refractivity contribution in [2.24, 2.45) is 10.3 Å². The van der Waals surface area contributed by atoms with E-state index in [1.165, 1.54) is 13.8 Å². The molecule has 42 heavy (non-hydrogen) atoms. The maximum atomic E-state index is 13.2. The van der Waals surface area contributed by atoms with Gasteiger partial charge in [0.1, 0.15) is 0 Å². The van der Waals surface area contributed by atoms with Crippen LogP contribution in [0.3, 0.4) is 0 Å². The van der Waals surface area contributed by atoms with Crippen LogP contribution in [-0.2, 0) is 19.3 Å². The van der Waals surface area contributed by atoms with Crippen LogP contribution >= 0.6 is 15.9 Å². The molecule has 0 unspecified atom stereocenters. The Bertz CT molecular complexity index is 1590. The third-order valence-corrected chi connectivity index (χ3v) is 6.91. The van der Waals surface area contributed by atoms with E-state index in [2.05, 4.69) is 26.2 Å². The summed E-state index contributed by atoms with van der Waals surface area (Å²) in [5, 5.41) is 7.74. The molecule has 0 fully saturated rings. The molecular formula is C33H28BrN3O5. The summed E-state index contributed by atoms with van der Waals surface area (Å²) in [7, 11) is 0. The summed E-state index contributed by atoms with van der Waals surface area (Å²) in [6.45, 7) is 6.11. The van der Waals surface area contributed by atoms with E-state index in [9.17, 15) is 14.4 Å². The van der Waals surface area contributed by atoms with Gasteiger partial charge in [-0.15, -0.1) is 0 Å². The van der Waals surface area contributed by atoms with Gasteiger partial charge in [-0.1, -0.05) is 62.6 Å². The quantitative estimate of drug-likeness (QED) is 0.0817. The van der Waals surface area contributed by atoms with Crippen molar-refractivity contribution >= 4 is 62.1 Å². The Balaban J connectivity index is 1.71. The first-order valence-corrected chi connectivity index (χ1v) is 13.8. The fourth-order valence-electron chi connectivity index (χ4n) is 4.08. The zero-order valence-corrected chi connectivity index (χ0v) is 25.1. The summed E-state index contributed by atoms with van der Waals surface area (Å²) in [5.41, 5.74) is 6.38. The molecule has 0 saturated carbocycles. The molecule has 0 spiro atoms. The highest BCUT2D eigenvalue weighted by Crippen LogP contribution is 2.35. The summed E-state index contributed by atoms with van der Waals surface area (Å²) in [5.74, 6) is -1.06. The molecule has 0 heterocycles. The zero-order valence-electron chi connectivity index (χ0n) is 23.5. The first kappa shape index (κ1) is 30.1. The van der Waals surface area contributed by atoms with Gasteiger partial charge in [0.25, 0.3) is 0 Å². The molecule has 4 rings (SSSR count). The molecule has 212 valence electrons. The molecule has 0 amide bonds. The van der Waals surface area contributed by atoms with Gasteiger partial charge in [-0.05, 0) is 85.6 Å². The second kappa shape index (κ2) is 13.6. The average molecular weight is 627 g/mol. The van der Waals surface area contributed by atoms with Crippen LogP contribution in [0.2, 0.25) is 0 Å². The van der Waals surface area contributed by atoms with Gasteiger partial charge in [0.2, 0.25) is 0 Å². The molecule has 0 aliphatic rings. The van der Waals surface area contributed by atoms with Crippen molar-refractivity contribution in [3.8, 4) is 0 Å². The Morgan fingerprint density at radius 2 is 0.952 bits per heavy atom. The molecule has 0 atom stereocenters. The summed E-state index contributed by atoms with van der Waals surface area (Å²) in [6.07, 6.45) is 0. The number of ketones is 1. The van der Waals surface area contributed by atoms with Crippen molar-refractivity contribution in [3.05, 3.63) is 124 Å². The monoisotopic (exact) mass is 625 g/mol. The highest BCUT2D eigenvalue weighted by atomic mass is 79.9. The van der Waals surface area contributed by atoms with Gasteiger partial charge in [0, 0.05) is 46.5 Å². The molecule has 0 bridgehead atoms. The number of carbonyl (C=O) groups is 3. The Morgan fingerprint density at radius 3 is 1.33 bits per heavy atom. The number of hydrogen-bond acceptors (Lipinski definition) is 8. The minimum atomic E-state index is -0.490. The number of nitrogens with zero attached hydrogens (tertiary/aromatic N) is 3. The van der Waals surface area contributed by atoms with Gasteiger partial charge in [0.15, 0.2) is 5.78 Å². The molecule has 0 radical (unpaired) electrons. The third kappa shape index (κ3) is 7.44. The first-order chi connectivity index (χ1) is 20.1. The predicted octanol–water partition coefficient (Wildman–Crippen LogP) is 7.72. The number of anilines is 3. The van der Waals surface area contributed by atoms with Crippen molar-refractivity contribution in [1.82, 2.24) is 0 Å². The van der Waals surface area contributed by atoms with Crippen molar-refractivity contribution in [1.29, 1.82) is 0 Å². The number of oxime groups is 2. The van der Waals surface area contributed by atoms with Gasteiger partial charge >= 0.3 is 11.9 Å². The van der Waals surface area contributed by atoms with Gasteiger partial charge in [-0.3, -0.25) is 4.79 Å². The van der Waals surface area contributed by atoms with Gasteiger partial charge in [0.05, 0.1) is 11.4 Å². The number of halogens is 1. The SMILES string of the molecule is CC(=O)O/N=C(\C)c1ccc(N(c2ccc(C(=O)c3ccccc3Br)cc2)c2ccc(/C(C)=N/OC(C)=O)cc2)cc1. The van der Waals surface area contributed by atoms with Crippen LogP contribution in [0.1, 0.15) is 54.7 Å². The van der Waals surface area contributed by atoms with Crippen molar-refractivity contribution in [2.45, 2.75) is 27.7 Å². The predicted molar refractivity (Wildman–Crippen MR) is 167 cm³/mol. The maximum absolute atomic E-state index is 13.2. The van der Waals surface area contributed by atoms with Crippen molar-refractivity contribution in [3.63, 3.8) is 0 Å². The molecule has 8 nitrogen and oxygen atoms in total. The van der Waals surface area contributed by atoms with Gasteiger partial charge < -0.3 is 14.6 Å². The standard InChI is InChI=1S/C33H28BrN3O5/c1-21(35-41-23(3)38)25-9-15-28(16-10-25)37(29-17-11-26(12-18-29)22(2)36-42-24(4)39)30-19-13-27(14-20-30)33(40)31-7-5-6-8-32(31)34/h5-20H,1-4H3/b35-21+,36-22+. The van der Waals surface area contributed by atoms with Crippen LogP contribution in [0, 0.1) is 0 Å². The second-order valence-corrected chi connectivity index (χ2v) is 10.2. The van der Waals surface area contributed by atoms with Crippen LogP contribution in [0.4, 0.5) is 17.1 Å². The highest BCUT2D eigenvalue weighted by Gasteiger charge is 2.16. The first-order valence-electron chi connectivity index (χ1n) is 13.0. The zero-order chi connectivity index (χ0) is 30.2. The summed E-state index contributed by atoms with van der Waals surface area (Å²) in [4.78, 5) is 47.0. The average Bonchev–Trinajstić information content (AvgIpc) is 2.99. The van der Waals surface area contributed by atoms with Gasteiger partial charge in [-0.25, -0.2) is 9.59 Å². The molecule has 0 aromatic heterocycles. The van der Waals surface area contributed by atoms with E-state index < -0.39 is 11.9 Å². The van der Waals surface area contributed by atoms with E-state index in [4.69, 9.17) is 9.68 Å². The van der Waals surface area contributed by atoms with Crippen molar-refractivity contribution < 1.29 is 24.1 Å². The Labute approximate surface area is 252 Å². The summed E-state index contributed by atoms with van der Waals surface area (Å²) >= 11 is 3.46. The largest absolute Gasteiger partial charge is 0.331 e. The van der Waals surface area contributed by atoms with Crippen LogP contribution in [-0.4, -0.2) is 29.1 Å². The maximum Gasteiger partial charge on any atom is 0.331 e. The molecule has 0 saturated heterocycles. The van der Waals surface area contributed by atoms with Crippen LogP contribution in [0.15, 0.2) is 112 Å². The molecule has 4 aromatic carbocycles. The van der Waals surface area contributed by atoms with E-state index in [1.54, 1.807) is 32.0 Å². The Morgan fingerprint density at radius 1 is 0.571 bits per heavy atom. The Kier molecular flexibility index (Phi) is 9.77. The topological polar surface area (TPSA) is 97.6 Å². The van der Waals surface area contributed by atoms with E-state index in [0.29, 0.717) is 22.6 Å². The van der Waals surface area contributed by atoms with Crippen LogP contribution < -0.4 is 4.90 Å². The lowest BCUT2D eigenvalue weighted by molar-refractivity contribution is -0.141. The summed E-state index contributed by atoms with van der Waals surface area (Å²) < 4.78 is 0.737. The van der Waals surface area contributed by atoms with E-state index in [-0.39, 0.29) is 5.78 Å². The molecule has 0 aliphatic carbocycles. The third-order valence-electron chi connectivity index (χ3n) is 6.21. The van der Waals surface area contributed by atoms with E-state index in [0.717, 1.165) is 32.7 Å². The van der Waals surface area contributed by atoms with Crippen molar-refractivity contribution in [2.75, 3.05) is 4.90 Å². The smallest absolute Gasteiger partial charge is 0.318 e. The fraction of sp³-hybridized carbons (Fsp3) is 0.121. The lowest BCUT2D eigenvalue weighted by Gasteiger charge is -2.26. The molecule has 0 N–H and O–H groups in total. The molecular weight excluding hydrogens is 598 g/mol. The van der Waals surface area contributed by atoms with Gasteiger partial charge in [-0.2, -0.15) is 0 Å².